The minimum absolute atomic E-state index is 0.0468. The number of rotatable bonds is 9. The summed E-state index contributed by atoms with van der Waals surface area (Å²) in [6.07, 6.45) is 7.10. The molecule has 1 aliphatic rings. The molecule has 1 fully saturated rings. The minimum Gasteiger partial charge on any atom is -0.346 e. The fourth-order valence-corrected chi connectivity index (χ4v) is 5.48. The van der Waals surface area contributed by atoms with E-state index in [9.17, 15) is 23.3 Å². The second-order valence-electron chi connectivity index (χ2n) is 8.43. The summed E-state index contributed by atoms with van der Waals surface area (Å²) in [5, 5.41) is 16.9. The molecule has 2 aromatic rings. The predicted molar refractivity (Wildman–Crippen MR) is 133 cm³/mol. The van der Waals surface area contributed by atoms with Crippen molar-refractivity contribution in [1.29, 1.82) is 5.26 Å². The Morgan fingerprint density at radius 3 is 2.49 bits per heavy atom. The first-order valence-electron chi connectivity index (χ1n) is 11.3. The standard InChI is InChI=1S/C25H29N5O4S/c1-3-13-27-24(31)17-28-25(32)18-30(35(2,33)34)20-11-14-29(15-12-20)23(16-26)22-10-6-8-19-7-4-5-9-21(19)22/h1,4-10,20,23H,11-15,17-18H2,2H3,(H,27,31)(H,28,32). The third-order valence-electron chi connectivity index (χ3n) is 6.07. The van der Waals surface area contributed by atoms with Gasteiger partial charge in [-0.05, 0) is 29.2 Å². The maximum atomic E-state index is 12.5. The molecular weight excluding hydrogens is 466 g/mol. The number of piperidine rings is 1. The second-order valence-corrected chi connectivity index (χ2v) is 10.4. The third kappa shape index (κ3) is 6.80. The van der Waals surface area contributed by atoms with Crippen molar-refractivity contribution in [2.24, 2.45) is 0 Å². The number of amides is 2. The highest BCUT2D eigenvalue weighted by molar-refractivity contribution is 7.88. The molecule has 0 spiro atoms. The molecule has 35 heavy (non-hydrogen) atoms. The first-order chi connectivity index (χ1) is 16.7. The van der Waals surface area contributed by atoms with E-state index in [2.05, 4.69) is 27.5 Å². The lowest BCUT2D eigenvalue weighted by molar-refractivity contribution is -0.126. The van der Waals surface area contributed by atoms with Crippen LogP contribution in [-0.2, 0) is 19.6 Å². The van der Waals surface area contributed by atoms with Crippen molar-refractivity contribution < 1.29 is 18.0 Å². The Morgan fingerprint density at radius 2 is 1.83 bits per heavy atom. The number of sulfonamides is 1. The Balaban J connectivity index is 1.65. The molecule has 1 unspecified atom stereocenters. The summed E-state index contributed by atoms with van der Waals surface area (Å²) >= 11 is 0. The summed E-state index contributed by atoms with van der Waals surface area (Å²) in [6.45, 7) is 0.399. The monoisotopic (exact) mass is 495 g/mol. The van der Waals surface area contributed by atoms with Gasteiger partial charge in [0.25, 0.3) is 0 Å². The molecule has 9 nitrogen and oxygen atoms in total. The Morgan fingerprint density at radius 1 is 1.14 bits per heavy atom. The van der Waals surface area contributed by atoms with Gasteiger partial charge in [-0.25, -0.2) is 8.42 Å². The average molecular weight is 496 g/mol. The maximum Gasteiger partial charge on any atom is 0.240 e. The van der Waals surface area contributed by atoms with E-state index in [-0.39, 0.29) is 25.7 Å². The van der Waals surface area contributed by atoms with Crippen LogP contribution >= 0.6 is 0 Å². The molecule has 184 valence electrons. The molecule has 0 saturated carbocycles. The van der Waals surface area contributed by atoms with Crippen LogP contribution < -0.4 is 10.6 Å². The van der Waals surface area contributed by atoms with Crippen LogP contribution in [0.3, 0.4) is 0 Å². The van der Waals surface area contributed by atoms with E-state index in [0.29, 0.717) is 25.9 Å². The number of nitrogens with zero attached hydrogens (tertiary/aromatic N) is 3. The molecule has 2 amide bonds. The molecule has 1 heterocycles. The Labute approximate surface area is 206 Å². The van der Waals surface area contributed by atoms with Crippen LogP contribution in [-0.4, -0.2) is 74.5 Å². The summed E-state index contributed by atoms with van der Waals surface area (Å²) in [6, 6.07) is 15.4. The lowest BCUT2D eigenvalue weighted by atomic mass is 9.96. The Kier molecular flexibility index (Phi) is 8.83. The van der Waals surface area contributed by atoms with Crippen molar-refractivity contribution in [3.63, 3.8) is 0 Å². The highest BCUT2D eigenvalue weighted by atomic mass is 32.2. The number of carbonyl (C=O) groups is 2. The lowest BCUT2D eigenvalue weighted by Gasteiger charge is -2.38. The average Bonchev–Trinajstić information content (AvgIpc) is 2.85. The highest BCUT2D eigenvalue weighted by Crippen LogP contribution is 2.31. The third-order valence-corrected chi connectivity index (χ3v) is 7.35. The number of terminal acetylenes is 1. The topological polar surface area (TPSA) is 123 Å². The first-order valence-corrected chi connectivity index (χ1v) is 13.1. The number of hydrogen-bond acceptors (Lipinski definition) is 6. The van der Waals surface area contributed by atoms with Crippen molar-refractivity contribution in [3.05, 3.63) is 48.0 Å². The molecule has 1 atom stereocenters. The van der Waals surface area contributed by atoms with Gasteiger partial charge in [-0.2, -0.15) is 9.57 Å². The first kappa shape index (κ1) is 26.2. The number of carbonyl (C=O) groups excluding carboxylic acids is 2. The second kappa shape index (κ2) is 11.8. The molecule has 0 radical (unpaired) electrons. The number of nitrogens with one attached hydrogen (secondary N) is 2. The van der Waals surface area contributed by atoms with Crippen LogP contribution in [0.1, 0.15) is 24.4 Å². The molecule has 0 aliphatic carbocycles. The van der Waals surface area contributed by atoms with Crippen LogP contribution in [0.5, 0.6) is 0 Å². The van der Waals surface area contributed by atoms with Crippen LogP contribution in [0.2, 0.25) is 0 Å². The van der Waals surface area contributed by atoms with Crippen molar-refractivity contribution >= 4 is 32.6 Å². The summed E-state index contributed by atoms with van der Waals surface area (Å²) in [5.74, 6) is 1.24. The van der Waals surface area contributed by atoms with E-state index in [1.807, 2.05) is 42.5 Å². The molecule has 1 saturated heterocycles. The summed E-state index contributed by atoms with van der Waals surface area (Å²) in [7, 11) is -3.67. The minimum atomic E-state index is -3.67. The zero-order valence-corrected chi connectivity index (χ0v) is 20.4. The number of benzene rings is 2. The quantitative estimate of drug-likeness (QED) is 0.501. The zero-order chi connectivity index (χ0) is 25.4. The Hall–Kier alpha value is -3.44. The zero-order valence-electron chi connectivity index (χ0n) is 19.6. The van der Waals surface area contributed by atoms with Crippen molar-refractivity contribution in [3.8, 4) is 18.4 Å². The van der Waals surface area contributed by atoms with Crippen molar-refractivity contribution in [1.82, 2.24) is 19.8 Å². The molecule has 10 heteroatoms. The molecule has 1 aliphatic heterocycles. The maximum absolute atomic E-state index is 12.5. The lowest BCUT2D eigenvalue weighted by Crippen LogP contribution is -2.51. The van der Waals surface area contributed by atoms with Gasteiger partial charge in [-0.1, -0.05) is 48.4 Å². The largest absolute Gasteiger partial charge is 0.346 e. The Bertz CT molecular complexity index is 1250. The summed E-state index contributed by atoms with van der Waals surface area (Å²) < 4.78 is 26.1. The van der Waals surface area contributed by atoms with Gasteiger partial charge in [0.1, 0.15) is 6.04 Å². The van der Waals surface area contributed by atoms with E-state index >= 15 is 0 Å². The van der Waals surface area contributed by atoms with Crippen LogP contribution in [0.4, 0.5) is 0 Å². The van der Waals surface area contributed by atoms with Gasteiger partial charge in [0.2, 0.25) is 21.8 Å². The number of hydrogen-bond donors (Lipinski definition) is 2. The molecule has 0 aromatic heterocycles. The van der Waals surface area contributed by atoms with Crippen LogP contribution in [0.25, 0.3) is 10.8 Å². The van der Waals surface area contributed by atoms with Crippen molar-refractivity contribution in [2.75, 3.05) is 39.0 Å². The van der Waals surface area contributed by atoms with E-state index in [0.717, 1.165) is 22.6 Å². The molecule has 3 rings (SSSR count). The molecule has 2 N–H and O–H groups in total. The van der Waals surface area contributed by atoms with Gasteiger partial charge in [-0.15, -0.1) is 6.42 Å². The molecular formula is C25H29N5O4S. The number of nitriles is 1. The van der Waals surface area contributed by atoms with Gasteiger partial charge < -0.3 is 10.6 Å². The van der Waals surface area contributed by atoms with Crippen molar-refractivity contribution in [2.45, 2.75) is 24.9 Å². The SMILES string of the molecule is C#CCNC(=O)CNC(=O)CN(C1CCN(C(C#N)c2cccc3ccccc23)CC1)S(C)(=O)=O. The van der Waals surface area contributed by atoms with E-state index < -0.39 is 27.9 Å². The van der Waals surface area contributed by atoms with Gasteiger partial charge in [0, 0.05) is 19.1 Å². The van der Waals surface area contributed by atoms with Crippen LogP contribution in [0.15, 0.2) is 42.5 Å². The van der Waals surface area contributed by atoms with Gasteiger partial charge in [0.05, 0.1) is 32.0 Å². The van der Waals surface area contributed by atoms with E-state index in [4.69, 9.17) is 6.42 Å². The predicted octanol–water partition coefficient (Wildman–Crippen LogP) is 0.996. The molecule has 2 aromatic carbocycles. The van der Waals surface area contributed by atoms with Gasteiger partial charge in [-0.3, -0.25) is 14.5 Å². The van der Waals surface area contributed by atoms with Gasteiger partial charge >= 0.3 is 0 Å². The van der Waals surface area contributed by atoms with Gasteiger partial charge in [0.15, 0.2) is 0 Å². The number of likely N-dealkylation sites (tertiary alicyclic amines) is 1. The van der Waals surface area contributed by atoms with E-state index in [1.54, 1.807) is 0 Å². The summed E-state index contributed by atoms with van der Waals surface area (Å²) in [5.41, 5.74) is 0.923. The number of fused-ring (bicyclic) bond motifs is 1. The molecule has 0 bridgehead atoms. The van der Waals surface area contributed by atoms with E-state index in [1.165, 1.54) is 4.31 Å². The fourth-order valence-electron chi connectivity index (χ4n) is 4.37. The highest BCUT2D eigenvalue weighted by Gasteiger charge is 2.34. The fraction of sp³-hybridized carbons (Fsp3) is 0.400. The summed E-state index contributed by atoms with van der Waals surface area (Å²) in [4.78, 5) is 26.0. The van der Waals surface area contributed by atoms with Crippen LogP contribution in [0, 0.1) is 23.7 Å². The smallest absolute Gasteiger partial charge is 0.240 e. The normalized spacial score (nSPS) is 15.8.